The van der Waals surface area contributed by atoms with Gasteiger partial charge in [-0.05, 0) is 83.2 Å². The molecule has 1 saturated heterocycles. The number of carbonyl (C=O) groups is 2. The fraction of sp³-hybridized carbons (Fsp3) is 0.476. The van der Waals surface area contributed by atoms with Gasteiger partial charge in [0.25, 0.3) is 11.8 Å². The van der Waals surface area contributed by atoms with Crippen LogP contribution in [0.1, 0.15) is 33.6 Å². The first-order valence-corrected chi connectivity index (χ1v) is 11.1. The highest BCUT2D eigenvalue weighted by atomic mass is 127. The SMILES string of the molecule is CC(C)C12C=CC(C)(CC1)C1C(=O)N(NC(=S)Nc3ccc(I)cc3)C(=O)C12. The minimum atomic E-state index is -0.324. The van der Waals surface area contributed by atoms with Crippen molar-refractivity contribution in [3.63, 3.8) is 0 Å². The second-order valence-corrected chi connectivity index (χ2v) is 10.3. The molecule has 4 aliphatic rings. The first kappa shape index (κ1) is 19.8. The summed E-state index contributed by atoms with van der Waals surface area (Å²) in [5, 5.41) is 4.45. The van der Waals surface area contributed by atoms with E-state index in [2.05, 4.69) is 66.3 Å². The Balaban J connectivity index is 1.58. The molecule has 1 saturated carbocycles. The van der Waals surface area contributed by atoms with E-state index in [-0.39, 0.29) is 45.5 Å². The molecule has 4 unspecified atom stereocenters. The highest BCUT2D eigenvalue weighted by molar-refractivity contribution is 14.1. The van der Waals surface area contributed by atoms with Crippen LogP contribution < -0.4 is 10.7 Å². The second-order valence-electron chi connectivity index (χ2n) is 8.65. The third kappa shape index (κ3) is 2.89. The number of amides is 2. The lowest BCUT2D eigenvalue weighted by molar-refractivity contribution is -0.142. The van der Waals surface area contributed by atoms with E-state index < -0.39 is 0 Å². The number of halogens is 1. The lowest BCUT2D eigenvalue weighted by Crippen LogP contribution is -2.53. The standard InChI is InChI=1S/C21H24IN3O2S/c1-12(2)21-10-8-20(3,9-11-21)15-16(21)18(27)25(17(15)26)24-19(28)23-14-6-4-13(22)5-7-14/h4-8,10,12,15-16H,9,11H2,1-3H3,(H2,23,24,28). The van der Waals surface area contributed by atoms with Crippen LogP contribution in [0.2, 0.25) is 0 Å². The summed E-state index contributed by atoms with van der Waals surface area (Å²) in [6.07, 6.45) is 6.26. The van der Waals surface area contributed by atoms with Crippen molar-refractivity contribution in [1.29, 1.82) is 0 Å². The fourth-order valence-corrected chi connectivity index (χ4v) is 5.70. The molecule has 4 atom stereocenters. The Morgan fingerprint density at radius 1 is 1.14 bits per heavy atom. The Bertz CT molecular complexity index is 884. The average Bonchev–Trinajstić information content (AvgIpc) is 2.91. The van der Waals surface area contributed by atoms with E-state index in [9.17, 15) is 9.59 Å². The van der Waals surface area contributed by atoms with Gasteiger partial charge in [0.15, 0.2) is 5.11 Å². The molecule has 28 heavy (non-hydrogen) atoms. The molecule has 0 spiro atoms. The maximum absolute atomic E-state index is 13.3. The van der Waals surface area contributed by atoms with E-state index in [1.807, 2.05) is 24.3 Å². The number of thiocarbonyl (C=S) groups is 1. The van der Waals surface area contributed by atoms with Crippen LogP contribution in [0.25, 0.3) is 0 Å². The topological polar surface area (TPSA) is 61.4 Å². The van der Waals surface area contributed by atoms with Gasteiger partial charge in [-0.2, -0.15) is 5.01 Å². The summed E-state index contributed by atoms with van der Waals surface area (Å²) in [4.78, 5) is 26.6. The number of hydrogen-bond acceptors (Lipinski definition) is 3. The molecule has 0 aromatic heterocycles. The van der Waals surface area contributed by atoms with Crippen LogP contribution in [-0.2, 0) is 9.59 Å². The van der Waals surface area contributed by atoms with Crippen molar-refractivity contribution in [3.05, 3.63) is 40.0 Å². The maximum atomic E-state index is 13.3. The Labute approximate surface area is 184 Å². The van der Waals surface area contributed by atoms with Gasteiger partial charge < -0.3 is 5.32 Å². The molecule has 2 amide bonds. The van der Waals surface area contributed by atoms with Gasteiger partial charge in [-0.3, -0.25) is 15.0 Å². The molecule has 5 rings (SSSR count). The summed E-state index contributed by atoms with van der Waals surface area (Å²) < 4.78 is 1.12. The van der Waals surface area contributed by atoms with E-state index >= 15 is 0 Å². The van der Waals surface area contributed by atoms with Gasteiger partial charge in [0.1, 0.15) is 0 Å². The van der Waals surface area contributed by atoms with Crippen LogP contribution in [-0.4, -0.2) is 21.9 Å². The number of nitrogens with zero attached hydrogens (tertiary/aromatic N) is 1. The molecule has 1 heterocycles. The molecule has 2 N–H and O–H groups in total. The zero-order valence-electron chi connectivity index (χ0n) is 16.2. The van der Waals surface area contributed by atoms with Crippen LogP contribution in [0.15, 0.2) is 36.4 Å². The normalized spacial score (nSPS) is 33.4. The number of benzene rings is 1. The van der Waals surface area contributed by atoms with E-state index in [1.165, 1.54) is 0 Å². The predicted octanol–water partition coefficient (Wildman–Crippen LogP) is 4.11. The van der Waals surface area contributed by atoms with Gasteiger partial charge in [-0.15, -0.1) is 0 Å². The quantitative estimate of drug-likeness (QED) is 0.278. The summed E-state index contributed by atoms with van der Waals surface area (Å²) >= 11 is 7.60. The number of fused-ring (bicyclic) bond motifs is 1. The molecule has 1 aromatic rings. The molecule has 5 nitrogen and oxygen atoms in total. The van der Waals surface area contributed by atoms with Gasteiger partial charge >= 0.3 is 0 Å². The van der Waals surface area contributed by atoms with Crippen molar-refractivity contribution in [3.8, 4) is 0 Å². The van der Waals surface area contributed by atoms with E-state index in [0.717, 1.165) is 27.1 Å². The van der Waals surface area contributed by atoms with Crippen molar-refractivity contribution >= 4 is 57.4 Å². The molecule has 148 valence electrons. The van der Waals surface area contributed by atoms with Crippen LogP contribution in [0.3, 0.4) is 0 Å². The zero-order valence-corrected chi connectivity index (χ0v) is 19.1. The van der Waals surface area contributed by atoms with E-state index in [0.29, 0.717) is 0 Å². The molecule has 2 fully saturated rings. The third-order valence-electron chi connectivity index (χ3n) is 6.86. The lowest BCUT2D eigenvalue weighted by Gasteiger charge is -2.55. The van der Waals surface area contributed by atoms with Crippen molar-refractivity contribution in [1.82, 2.24) is 10.4 Å². The molecule has 0 radical (unpaired) electrons. The first-order valence-electron chi connectivity index (χ1n) is 9.59. The van der Waals surface area contributed by atoms with Crippen LogP contribution >= 0.6 is 34.8 Å². The minimum absolute atomic E-state index is 0.161. The van der Waals surface area contributed by atoms with Crippen LogP contribution in [0, 0.1) is 32.2 Å². The number of nitrogens with one attached hydrogen (secondary N) is 2. The number of carbonyl (C=O) groups excluding carboxylic acids is 2. The van der Waals surface area contributed by atoms with Gasteiger partial charge in [-0.1, -0.05) is 32.9 Å². The average molecular weight is 509 g/mol. The summed E-state index contributed by atoms with van der Waals surface area (Å²) in [6.45, 7) is 6.39. The van der Waals surface area contributed by atoms with Crippen molar-refractivity contribution in [2.75, 3.05) is 5.32 Å². The number of rotatable bonds is 3. The van der Waals surface area contributed by atoms with Crippen LogP contribution in [0.5, 0.6) is 0 Å². The Morgan fingerprint density at radius 2 is 1.79 bits per heavy atom. The Kier molecular flexibility index (Phi) is 4.81. The predicted molar refractivity (Wildman–Crippen MR) is 121 cm³/mol. The van der Waals surface area contributed by atoms with Crippen molar-refractivity contribution < 1.29 is 9.59 Å². The zero-order chi connectivity index (χ0) is 20.3. The second kappa shape index (κ2) is 6.79. The third-order valence-corrected chi connectivity index (χ3v) is 7.77. The highest BCUT2D eigenvalue weighted by Crippen LogP contribution is 2.63. The lowest BCUT2D eigenvalue weighted by atomic mass is 9.46. The number of anilines is 1. The van der Waals surface area contributed by atoms with Gasteiger partial charge in [0, 0.05) is 14.7 Å². The first-order chi connectivity index (χ1) is 13.2. The molecule has 1 aromatic carbocycles. The number of allylic oxidation sites excluding steroid dienone is 2. The van der Waals surface area contributed by atoms with Gasteiger partial charge in [0.05, 0.1) is 11.8 Å². The Morgan fingerprint density at radius 3 is 2.36 bits per heavy atom. The summed E-state index contributed by atoms with van der Waals surface area (Å²) in [5.74, 6) is -0.689. The molecule has 2 bridgehead atoms. The summed E-state index contributed by atoms with van der Waals surface area (Å²) in [7, 11) is 0. The smallest absolute Gasteiger partial charge is 0.253 e. The molecular weight excluding hydrogens is 485 g/mol. The van der Waals surface area contributed by atoms with Gasteiger partial charge in [-0.25, -0.2) is 0 Å². The Hall–Kier alpha value is -1.48. The molecule has 1 aliphatic heterocycles. The summed E-state index contributed by atoms with van der Waals surface area (Å²) in [6, 6.07) is 7.73. The largest absolute Gasteiger partial charge is 0.331 e. The fourth-order valence-electron chi connectivity index (χ4n) is 5.14. The monoisotopic (exact) mass is 509 g/mol. The van der Waals surface area contributed by atoms with E-state index in [4.69, 9.17) is 12.2 Å². The van der Waals surface area contributed by atoms with Gasteiger partial charge in [0.2, 0.25) is 0 Å². The number of hydrogen-bond donors (Lipinski definition) is 2. The highest BCUT2D eigenvalue weighted by Gasteiger charge is 2.67. The van der Waals surface area contributed by atoms with E-state index in [1.54, 1.807) is 0 Å². The molecule has 3 aliphatic carbocycles. The van der Waals surface area contributed by atoms with Crippen molar-refractivity contribution in [2.24, 2.45) is 28.6 Å². The van der Waals surface area contributed by atoms with Crippen molar-refractivity contribution in [2.45, 2.75) is 33.6 Å². The van der Waals surface area contributed by atoms with Crippen LogP contribution in [0.4, 0.5) is 5.69 Å². The maximum Gasteiger partial charge on any atom is 0.253 e. The number of imide groups is 1. The summed E-state index contributed by atoms with van der Waals surface area (Å²) in [5.41, 5.74) is 3.15. The molecule has 7 heteroatoms. The minimum Gasteiger partial charge on any atom is -0.331 e. The number of hydrazine groups is 1. The molecular formula is C21H24IN3O2S.